The molecule has 0 fully saturated rings. The van der Waals surface area contributed by atoms with Gasteiger partial charge < -0.3 is 19.5 Å². The largest absolute Gasteiger partial charge is 0.464 e. The first kappa shape index (κ1) is 21.4. The summed E-state index contributed by atoms with van der Waals surface area (Å²) in [5.74, 6) is -0.324. The summed E-state index contributed by atoms with van der Waals surface area (Å²) in [6, 6.07) is 14.3. The first-order chi connectivity index (χ1) is 15.4. The summed E-state index contributed by atoms with van der Waals surface area (Å²) in [5.41, 5.74) is 3.34. The van der Waals surface area contributed by atoms with E-state index in [0.29, 0.717) is 16.9 Å². The van der Waals surface area contributed by atoms with Crippen LogP contribution in [0.5, 0.6) is 0 Å². The number of fused-ring (bicyclic) bond motifs is 1. The summed E-state index contributed by atoms with van der Waals surface area (Å²) in [6.45, 7) is 3.90. The van der Waals surface area contributed by atoms with E-state index in [2.05, 4.69) is 15.3 Å². The van der Waals surface area contributed by atoms with Crippen molar-refractivity contribution in [3.63, 3.8) is 0 Å². The van der Waals surface area contributed by atoms with Gasteiger partial charge in [0.15, 0.2) is 11.5 Å². The van der Waals surface area contributed by atoms with Crippen molar-refractivity contribution in [3.8, 4) is 11.3 Å². The quantitative estimate of drug-likeness (QED) is 0.363. The number of hydrogen-bond acceptors (Lipinski definition) is 5. The monoisotopic (exact) mass is 429 g/mol. The molecule has 7 nitrogen and oxygen atoms in total. The fourth-order valence-electron chi connectivity index (χ4n) is 3.71. The average molecular weight is 429 g/mol. The van der Waals surface area contributed by atoms with E-state index in [0.717, 1.165) is 16.4 Å². The standard InChI is InChI=1S/C24H24BN3O4/c1-13(2)18(27-22(29)14-8-5-4-6-9-14)23-28-20(24(30)31-3)21(32-23)16-12-26-19-15(16)10-7-11-17(19)25/h4-13,18,26H,25H2,1-3H3,(H,27,29)/t18-/m0/s1. The summed E-state index contributed by atoms with van der Waals surface area (Å²) in [6.07, 6.45) is 1.79. The van der Waals surface area contributed by atoms with Crippen LogP contribution in [-0.2, 0) is 4.74 Å². The van der Waals surface area contributed by atoms with Gasteiger partial charge in [0.1, 0.15) is 13.9 Å². The van der Waals surface area contributed by atoms with Gasteiger partial charge in [0, 0.05) is 28.2 Å². The molecule has 0 aliphatic carbocycles. The third-order valence-corrected chi connectivity index (χ3v) is 5.45. The van der Waals surface area contributed by atoms with Crippen LogP contribution in [0.4, 0.5) is 0 Å². The lowest BCUT2D eigenvalue weighted by atomic mass is 9.93. The third kappa shape index (κ3) is 3.91. The van der Waals surface area contributed by atoms with Crippen molar-refractivity contribution in [2.45, 2.75) is 19.9 Å². The zero-order chi connectivity index (χ0) is 22.8. The Kier molecular flexibility index (Phi) is 5.86. The topological polar surface area (TPSA) is 97.2 Å². The minimum absolute atomic E-state index is 0.0372. The molecule has 0 bridgehead atoms. The number of carbonyl (C=O) groups excluding carboxylic acids is 2. The van der Waals surface area contributed by atoms with Gasteiger partial charge in [0.25, 0.3) is 5.91 Å². The molecule has 2 aromatic carbocycles. The van der Waals surface area contributed by atoms with E-state index in [4.69, 9.17) is 9.15 Å². The van der Waals surface area contributed by atoms with Crippen LogP contribution in [0.3, 0.4) is 0 Å². The Morgan fingerprint density at radius 3 is 2.56 bits per heavy atom. The van der Waals surface area contributed by atoms with Gasteiger partial charge in [-0.3, -0.25) is 4.79 Å². The van der Waals surface area contributed by atoms with Crippen molar-refractivity contribution in [1.29, 1.82) is 0 Å². The maximum atomic E-state index is 12.8. The maximum Gasteiger partial charge on any atom is 0.360 e. The molecule has 0 spiro atoms. The van der Waals surface area contributed by atoms with Gasteiger partial charge >= 0.3 is 5.97 Å². The highest BCUT2D eigenvalue weighted by molar-refractivity contribution is 6.38. The second-order valence-electron chi connectivity index (χ2n) is 7.98. The lowest BCUT2D eigenvalue weighted by Crippen LogP contribution is -2.32. The fourth-order valence-corrected chi connectivity index (χ4v) is 3.71. The molecule has 0 aliphatic rings. The van der Waals surface area contributed by atoms with Gasteiger partial charge in [0.05, 0.1) is 7.11 Å². The molecule has 0 radical (unpaired) electrons. The van der Waals surface area contributed by atoms with Gasteiger partial charge in [-0.15, -0.1) is 0 Å². The summed E-state index contributed by atoms with van der Waals surface area (Å²) in [5, 5.41) is 3.89. The molecule has 0 saturated carbocycles. The number of H-pyrrole nitrogens is 1. The Morgan fingerprint density at radius 1 is 1.12 bits per heavy atom. The number of rotatable bonds is 6. The summed E-state index contributed by atoms with van der Waals surface area (Å²) >= 11 is 0. The van der Waals surface area contributed by atoms with E-state index >= 15 is 0 Å². The average Bonchev–Trinajstić information content (AvgIpc) is 3.42. The van der Waals surface area contributed by atoms with Gasteiger partial charge in [0.2, 0.25) is 5.89 Å². The van der Waals surface area contributed by atoms with Crippen molar-refractivity contribution in [2.24, 2.45) is 5.92 Å². The molecule has 4 aromatic rings. The highest BCUT2D eigenvalue weighted by Gasteiger charge is 2.30. The number of hydrogen-bond donors (Lipinski definition) is 2. The Hall–Kier alpha value is -3.81. The van der Waals surface area contributed by atoms with Crippen LogP contribution >= 0.6 is 0 Å². The Labute approximate surface area is 186 Å². The van der Waals surface area contributed by atoms with Crippen LogP contribution in [0.2, 0.25) is 0 Å². The number of benzene rings is 2. The second-order valence-corrected chi connectivity index (χ2v) is 7.98. The van der Waals surface area contributed by atoms with Gasteiger partial charge in [-0.25, -0.2) is 9.78 Å². The van der Waals surface area contributed by atoms with E-state index in [1.165, 1.54) is 7.11 Å². The van der Waals surface area contributed by atoms with E-state index in [-0.39, 0.29) is 23.4 Å². The minimum Gasteiger partial charge on any atom is -0.464 e. The van der Waals surface area contributed by atoms with Crippen molar-refractivity contribution >= 4 is 36.1 Å². The van der Waals surface area contributed by atoms with Crippen molar-refractivity contribution in [1.82, 2.24) is 15.3 Å². The van der Waals surface area contributed by atoms with Crippen LogP contribution in [0.15, 0.2) is 59.1 Å². The zero-order valence-corrected chi connectivity index (χ0v) is 18.4. The first-order valence-corrected chi connectivity index (χ1v) is 10.4. The molecular formula is C24H24BN3O4. The molecule has 0 unspecified atom stereocenters. The van der Waals surface area contributed by atoms with E-state index in [1.807, 2.05) is 46.0 Å². The van der Waals surface area contributed by atoms with Crippen molar-refractivity contribution in [2.75, 3.05) is 7.11 Å². The molecule has 1 amide bonds. The number of aromatic amines is 1. The molecule has 4 rings (SSSR count). The normalized spacial score (nSPS) is 12.1. The van der Waals surface area contributed by atoms with Gasteiger partial charge in [-0.2, -0.15) is 0 Å². The van der Waals surface area contributed by atoms with Gasteiger partial charge in [-0.05, 0) is 18.1 Å². The molecule has 0 saturated heterocycles. The zero-order valence-electron chi connectivity index (χ0n) is 18.4. The number of nitrogens with one attached hydrogen (secondary N) is 2. The number of ether oxygens (including phenoxy) is 1. The molecule has 32 heavy (non-hydrogen) atoms. The number of carbonyl (C=O) groups is 2. The molecule has 2 aromatic heterocycles. The molecule has 162 valence electrons. The van der Waals surface area contributed by atoms with Crippen LogP contribution in [0.25, 0.3) is 22.2 Å². The number of esters is 1. The number of aromatic nitrogens is 2. The second kappa shape index (κ2) is 8.74. The molecule has 2 heterocycles. The number of para-hydroxylation sites is 1. The van der Waals surface area contributed by atoms with E-state index in [1.54, 1.807) is 30.5 Å². The molecule has 0 aliphatic heterocycles. The Balaban J connectivity index is 1.78. The first-order valence-electron chi connectivity index (χ1n) is 10.4. The number of amides is 1. The molecule has 2 N–H and O–H groups in total. The third-order valence-electron chi connectivity index (χ3n) is 5.45. The number of nitrogens with zero attached hydrogens (tertiary/aromatic N) is 1. The fraction of sp³-hybridized carbons (Fsp3) is 0.208. The van der Waals surface area contributed by atoms with Crippen LogP contribution in [0.1, 0.15) is 46.6 Å². The Morgan fingerprint density at radius 2 is 1.88 bits per heavy atom. The van der Waals surface area contributed by atoms with Crippen LogP contribution in [-0.4, -0.2) is 36.8 Å². The molecule has 8 heteroatoms. The highest BCUT2D eigenvalue weighted by Crippen LogP contribution is 2.34. The predicted octanol–water partition coefficient (Wildman–Crippen LogP) is 3.00. The van der Waals surface area contributed by atoms with Crippen LogP contribution < -0.4 is 10.8 Å². The minimum atomic E-state index is -0.603. The number of methoxy groups -OCH3 is 1. The van der Waals surface area contributed by atoms with Crippen molar-refractivity contribution < 1.29 is 18.7 Å². The van der Waals surface area contributed by atoms with Gasteiger partial charge in [-0.1, -0.05) is 55.7 Å². The maximum absolute atomic E-state index is 12.8. The summed E-state index contributed by atoms with van der Waals surface area (Å²) in [7, 11) is 3.31. The molecule has 1 atom stereocenters. The summed E-state index contributed by atoms with van der Waals surface area (Å²) < 4.78 is 11.1. The number of oxazole rings is 1. The van der Waals surface area contributed by atoms with E-state index in [9.17, 15) is 9.59 Å². The lowest BCUT2D eigenvalue weighted by molar-refractivity contribution is 0.0595. The lowest BCUT2D eigenvalue weighted by Gasteiger charge is -2.19. The van der Waals surface area contributed by atoms with E-state index < -0.39 is 12.0 Å². The highest BCUT2D eigenvalue weighted by atomic mass is 16.5. The smallest absolute Gasteiger partial charge is 0.360 e. The van der Waals surface area contributed by atoms with Crippen molar-refractivity contribution in [3.05, 3.63) is 71.9 Å². The Bertz CT molecular complexity index is 1280. The van der Waals surface area contributed by atoms with Crippen LogP contribution in [0, 0.1) is 5.92 Å². The predicted molar refractivity (Wildman–Crippen MR) is 125 cm³/mol. The summed E-state index contributed by atoms with van der Waals surface area (Å²) in [4.78, 5) is 33.0. The SMILES string of the molecule is Bc1cccc2c(-c3oc([C@@H](NC(=O)c4ccccc4)C(C)C)nc3C(=O)OC)c[nH]c12. The molecular weight excluding hydrogens is 405 g/mol.